The van der Waals surface area contributed by atoms with Crippen LogP contribution in [0.1, 0.15) is 19.4 Å². The van der Waals surface area contributed by atoms with Gasteiger partial charge in [0.25, 0.3) is 0 Å². The lowest BCUT2D eigenvalue weighted by molar-refractivity contribution is -0.142. The van der Waals surface area contributed by atoms with Crippen LogP contribution in [-0.2, 0) is 9.59 Å². The zero-order chi connectivity index (χ0) is 16.0. The van der Waals surface area contributed by atoms with Gasteiger partial charge in [-0.05, 0) is 24.6 Å². The van der Waals surface area contributed by atoms with Crippen molar-refractivity contribution >= 4 is 41.2 Å². The Morgan fingerprint density at radius 1 is 1.38 bits per heavy atom. The SMILES string of the molecule is CCN(CC(C)C(=O)O)C(=O)C=Cc1cccc(Cl)c1Cl. The maximum absolute atomic E-state index is 12.1. The second-order valence-electron chi connectivity index (χ2n) is 4.59. The fourth-order valence-electron chi connectivity index (χ4n) is 1.70. The summed E-state index contributed by atoms with van der Waals surface area (Å²) in [6.07, 6.45) is 2.94. The zero-order valence-corrected chi connectivity index (χ0v) is 13.4. The van der Waals surface area contributed by atoms with Gasteiger partial charge in [-0.15, -0.1) is 0 Å². The highest BCUT2D eigenvalue weighted by Gasteiger charge is 2.17. The van der Waals surface area contributed by atoms with Crippen molar-refractivity contribution in [3.8, 4) is 0 Å². The molecule has 1 aromatic rings. The third-order valence-electron chi connectivity index (χ3n) is 3.00. The third-order valence-corrected chi connectivity index (χ3v) is 3.83. The molecule has 0 aliphatic rings. The van der Waals surface area contributed by atoms with E-state index in [4.69, 9.17) is 28.3 Å². The fraction of sp³-hybridized carbons (Fsp3) is 0.333. The summed E-state index contributed by atoms with van der Waals surface area (Å²) in [5.74, 6) is -1.80. The highest BCUT2D eigenvalue weighted by molar-refractivity contribution is 6.42. The number of nitrogens with zero attached hydrogens (tertiary/aromatic N) is 1. The molecule has 0 aromatic heterocycles. The number of carbonyl (C=O) groups is 2. The Labute approximate surface area is 134 Å². The number of benzene rings is 1. The van der Waals surface area contributed by atoms with Crippen LogP contribution in [0.2, 0.25) is 10.0 Å². The minimum absolute atomic E-state index is 0.165. The van der Waals surface area contributed by atoms with Gasteiger partial charge in [-0.2, -0.15) is 0 Å². The molecule has 0 heterocycles. The number of rotatable bonds is 6. The number of hydrogen-bond acceptors (Lipinski definition) is 2. The number of aliphatic carboxylic acids is 1. The van der Waals surface area contributed by atoms with Crippen molar-refractivity contribution in [2.24, 2.45) is 5.92 Å². The summed E-state index contributed by atoms with van der Waals surface area (Å²) in [6.45, 7) is 3.96. The minimum atomic E-state index is -0.928. The van der Waals surface area contributed by atoms with Gasteiger partial charge >= 0.3 is 5.97 Å². The first-order chi connectivity index (χ1) is 9.86. The van der Waals surface area contributed by atoms with Gasteiger partial charge in [-0.1, -0.05) is 42.3 Å². The average Bonchev–Trinajstić information content (AvgIpc) is 2.45. The van der Waals surface area contributed by atoms with E-state index in [1.165, 1.54) is 11.0 Å². The molecular weight excluding hydrogens is 313 g/mol. The van der Waals surface area contributed by atoms with Crippen molar-refractivity contribution in [3.05, 3.63) is 39.9 Å². The summed E-state index contributed by atoms with van der Waals surface area (Å²) in [6, 6.07) is 5.15. The van der Waals surface area contributed by atoms with Gasteiger partial charge in [0.05, 0.1) is 16.0 Å². The highest BCUT2D eigenvalue weighted by Crippen LogP contribution is 2.26. The number of likely N-dealkylation sites (N-methyl/N-ethyl adjacent to an activating group) is 1. The highest BCUT2D eigenvalue weighted by atomic mass is 35.5. The molecule has 0 aliphatic heterocycles. The Morgan fingerprint density at radius 3 is 2.62 bits per heavy atom. The van der Waals surface area contributed by atoms with E-state index in [1.807, 2.05) is 0 Å². The van der Waals surface area contributed by atoms with E-state index in [-0.39, 0.29) is 12.5 Å². The standard InChI is InChI=1S/C15H17Cl2NO3/c1-3-18(9-10(2)15(20)21)13(19)8-7-11-5-4-6-12(16)14(11)17/h4-8,10H,3,9H2,1-2H3,(H,20,21). The van der Waals surface area contributed by atoms with Crippen LogP contribution in [0.15, 0.2) is 24.3 Å². The zero-order valence-electron chi connectivity index (χ0n) is 11.8. The molecule has 0 spiro atoms. The molecule has 0 fully saturated rings. The normalized spacial score (nSPS) is 12.4. The van der Waals surface area contributed by atoms with Crippen molar-refractivity contribution in [1.82, 2.24) is 4.90 Å². The number of carbonyl (C=O) groups excluding carboxylic acids is 1. The molecule has 1 rings (SSSR count). The van der Waals surface area contributed by atoms with Crippen molar-refractivity contribution in [3.63, 3.8) is 0 Å². The maximum atomic E-state index is 12.1. The Kier molecular flexibility index (Phi) is 6.72. The first-order valence-electron chi connectivity index (χ1n) is 6.50. The maximum Gasteiger partial charge on any atom is 0.308 e. The quantitative estimate of drug-likeness (QED) is 0.811. The van der Waals surface area contributed by atoms with Gasteiger partial charge in [0, 0.05) is 19.2 Å². The summed E-state index contributed by atoms with van der Waals surface area (Å²) in [4.78, 5) is 24.4. The lowest BCUT2D eigenvalue weighted by Crippen LogP contribution is -2.35. The van der Waals surface area contributed by atoms with Gasteiger partial charge in [0.1, 0.15) is 0 Å². The monoisotopic (exact) mass is 329 g/mol. The molecule has 1 aromatic carbocycles. The van der Waals surface area contributed by atoms with E-state index >= 15 is 0 Å². The molecule has 114 valence electrons. The van der Waals surface area contributed by atoms with Crippen LogP contribution in [-0.4, -0.2) is 35.0 Å². The number of carboxylic acids is 1. The van der Waals surface area contributed by atoms with Gasteiger partial charge in [0.2, 0.25) is 5.91 Å². The summed E-state index contributed by atoms with van der Waals surface area (Å²) < 4.78 is 0. The first-order valence-corrected chi connectivity index (χ1v) is 7.26. The first kappa shape index (κ1) is 17.5. The van der Waals surface area contributed by atoms with Crippen LogP contribution in [0.4, 0.5) is 0 Å². The molecule has 21 heavy (non-hydrogen) atoms. The third kappa shape index (κ3) is 5.06. The summed E-state index contributed by atoms with van der Waals surface area (Å²) in [5.41, 5.74) is 0.639. The molecular formula is C15H17Cl2NO3. The van der Waals surface area contributed by atoms with E-state index in [1.54, 1.807) is 38.1 Å². The minimum Gasteiger partial charge on any atom is -0.481 e. The van der Waals surface area contributed by atoms with E-state index in [0.717, 1.165) is 0 Å². The smallest absolute Gasteiger partial charge is 0.308 e. The van der Waals surface area contributed by atoms with Crippen LogP contribution >= 0.6 is 23.2 Å². The predicted molar refractivity (Wildman–Crippen MR) is 84.5 cm³/mol. The number of hydrogen-bond donors (Lipinski definition) is 1. The molecule has 0 saturated heterocycles. The summed E-state index contributed by atoms with van der Waals surface area (Å²) in [5, 5.41) is 9.69. The predicted octanol–water partition coefficient (Wildman–Crippen LogP) is 3.58. The fourth-order valence-corrected chi connectivity index (χ4v) is 2.07. The molecule has 6 heteroatoms. The van der Waals surface area contributed by atoms with Gasteiger partial charge in [-0.3, -0.25) is 9.59 Å². The van der Waals surface area contributed by atoms with Crippen LogP contribution in [0.5, 0.6) is 0 Å². The molecule has 1 N–H and O–H groups in total. The van der Waals surface area contributed by atoms with Crippen LogP contribution in [0, 0.1) is 5.92 Å². The van der Waals surface area contributed by atoms with Crippen LogP contribution in [0.3, 0.4) is 0 Å². The van der Waals surface area contributed by atoms with Crippen molar-refractivity contribution in [2.45, 2.75) is 13.8 Å². The van der Waals surface area contributed by atoms with Crippen molar-refractivity contribution in [1.29, 1.82) is 0 Å². The van der Waals surface area contributed by atoms with E-state index in [2.05, 4.69) is 0 Å². The van der Waals surface area contributed by atoms with Crippen molar-refractivity contribution < 1.29 is 14.7 Å². The van der Waals surface area contributed by atoms with Crippen LogP contribution < -0.4 is 0 Å². The van der Waals surface area contributed by atoms with E-state index in [0.29, 0.717) is 22.2 Å². The molecule has 1 amide bonds. The molecule has 0 radical (unpaired) electrons. The van der Waals surface area contributed by atoms with E-state index in [9.17, 15) is 9.59 Å². The number of halogens is 2. The molecule has 1 unspecified atom stereocenters. The summed E-state index contributed by atoms with van der Waals surface area (Å²) >= 11 is 11.9. The molecule has 4 nitrogen and oxygen atoms in total. The Morgan fingerprint density at radius 2 is 2.05 bits per heavy atom. The van der Waals surface area contributed by atoms with E-state index < -0.39 is 11.9 Å². The average molecular weight is 330 g/mol. The molecule has 1 atom stereocenters. The molecule has 0 saturated carbocycles. The Balaban J connectivity index is 2.80. The summed E-state index contributed by atoms with van der Waals surface area (Å²) in [7, 11) is 0. The second kappa shape index (κ2) is 8.05. The Hall–Kier alpha value is -1.52. The van der Waals surface area contributed by atoms with Crippen molar-refractivity contribution in [2.75, 3.05) is 13.1 Å². The number of amides is 1. The topological polar surface area (TPSA) is 57.6 Å². The van der Waals surface area contributed by atoms with Crippen LogP contribution in [0.25, 0.3) is 6.08 Å². The Bertz CT molecular complexity index is 558. The molecule has 0 aliphatic carbocycles. The second-order valence-corrected chi connectivity index (χ2v) is 5.38. The largest absolute Gasteiger partial charge is 0.481 e. The lowest BCUT2D eigenvalue weighted by atomic mass is 10.1. The van der Waals surface area contributed by atoms with Gasteiger partial charge in [0.15, 0.2) is 0 Å². The van der Waals surface area contributed by atoms with Gasteiger partial charge in [-0.25, -0.2) is 0 Å². The number of carboxylic acid groups (broad SMARTS) is 1. The van der Waals surface area contributed by atoms with Gasteiger partial charge < -0.3 is 10.0 Å². The molecule has 0 bridgehead atoms. The lowest BCUT2D eigenvalue weighted by Gasteiger charge is -2.21.